The van der Waals surface area contributed by atoms with Crippen LogP contribution in [-0.2, 0) is 4.74 Å². The van der Waals surface area contributed by atoms with Crippen LogP contribution >= 0.6 is 0 Å². The van der Waals surface area contributed by atoms with E-state index in [1.807, 2.05) is 0 Å². The van der Waals surface area contributed by atoms with Crippen LogP contribution in [0.3, 0.4) is 0 Å². The van der Waals surface area contributed by atoms with Crippen molar-refractivity contribution in [1.82, 2.24) is 19.9 Å². The number of nitrogens with two attached hydrogens (primary N) is 1. The molecule has 0 unspecified atom stereocenters. The van der Waals surface area contributed by atoms with Gasteiger partial charge in [0.25, 0.3) is 5.85 Å². The molecular weight excluding hydrogens is 273 g/mol. The number of hydrogen-bond acceptors (Lipinski definition) is 8. The molecule has 0 radical (unpaired) electrons. The molecule has 108 valence electrons. The minimum absolute atomic E-state index is 0.0492. The molecule has 0 saturated carbocycles. The molecule has 6 N–H and O–H groups in total. The quantitative estimate of drug-likeness (QED) is 0.442. The van der Waals surface area contributed by atoms with Crippen molar-refractivity contribution in [2.24, 2.45) is 0 Å². The Labute approximate surface area is 111 Å². The predicted octanol–water partition coefficient (Wildman–Crippen LogP) is -1.61. The first-order valence-electron chi connectivity index (χ1n) is 5.76. The van der Waals surface area contributed by atoms with E-state index < -0.39 is 30.8 Å². The maximum absolute atomic E-state index is 14.0. The molecule has 3 heterocycles. The lowest BCUT2D eigenvalue weighted by Gasteiger charge is -2.19. The number of nitrogens with zero attached hydrogens (tertiary/aromatic N) is 3. The van der Waals surface area contributed by atoms with Crippen LogP contribution in [0, 0.1) is 0 Å². The number of fused-ring (bicyclic) bond motifs is 1. The van der Waals surface area contributed by atoms with Gasteiger partial charge in [0.2, 0.25) is 0 Å². The first-order chi connectivity index (χ1) is 9.46. The summed E-state index contributed by atoms with van der Waals surface area (Å²) in [6, 6.07) is 0. The van der Waals surface area contributed by atoms with Gasteiger partial charge in [0, 0.05) is 0 Å². The largest absolute Gasteiger partial charge is 0.390 e. The Morgan fingerprint density at radius 3 is 2.85 bits per heavy atom. The van der Waals surface area contributed by atoms with Gasteiger partial charge in [-0.2, -0.15) is 0 Å². The Balaban J connectivity index is 2.03. The maximum Gasteiger partial charge on any atom is 0.262 e. The first-order valence-corrected chi connectivity index (χ1v) is 5.76. The highest BCUT2D eigenvalue weighted by molar-refractivity contribution is 5.80. The van der Waals surface area contributed by atoms with Crippen LogP contribution in [0.2, 0.25) is 0 Å². The second-order valence-corrected chi connectivity index (χ2v) is 4.49. The van der Waals surface area contributed by atoms with Gasteiger partial charge in [0.1, 0.15) is 30.4 Å². The Hall–Kier alpha value is -1.88. The van der Waals surface area contributed by atoms with Crippen molar-refractivity contribution < 1.29 is 24.4 Å². The molecule has 20 heavy (non-hydrogen) atoms. The van der Waals surface area contributed by atoms with E-state index in [0.717, 1.165) is 0 Å². The molecule has 4 atom stereocenters. The van der Waals surface area contributed by atoms with Crippen LogP contribution in [0.25, 0.3) is 11.2 Å². The summed E-state index contributed by atoms with van der Waals surface area (Å²) in [5, 5.41) is 28.3. The van der Waals surface area contributed by atoms with Crippen LogP contribution in [0.15, 0.2) is 6.33 Å². The summed E-state index contributed by atoms with van der Waals surface area (Å²) in [6.07, 6.45) is -3.56. The lowest BCUT2D eigenvalue weighted by Crippen LogP contribution is -2.42. The number of ether oxygens (including phenoxy) is 1. The van der Waals surface area contributed by atoms with Crippen molar-refractivity contribution in [3.63, 3.8) is 0 Å². The Morgan fingerprint density at radius 2 is 2.20 bits per heavy atom. The second kappa shape index (κ2) is 4.31. The van der Waals surface area contributed by atoms with E-state index in [0.29, 0.717) is 5.52 Å². The summed E-state index contributed by atoms with van der Waals surface area (Å²) in [5.74, 6) is -2.85. The molecule has 0 aliphatic carbocycles. The van der Waals surface area contributed by atoms with Gasteiger partial charge in [0.05, 0.1) is 6.33 Å². The van der Waals surface area contributed by atoms with Gasteiger partial charge in [-0.3, -0.25) is 0 Å². The lowest BCUT2D eigenvalue weighted by molar-refractivity contribution is -0.197. The standard InChI is InChI=1S/C10H12FN5O4/c11-10(1-17)6(19)4(18)5(20-10)9-15-7(12)3-8(16-9)14-2-13-3/h2,4-6,17-19H,1H2,(H3,12,13,14,15,16)/t4-,5+,6-,10+/m0/s1. The minimum Gasteiger partial charge on any atom is -0.390 e. The molecule has 1 saturated heterocycles. The summed E-state index contributed by atoms with van der Waals surface area (Å²) in [5.41, 5.74) is 6.30. The third kappa shape index (κ3) is 1.73. The molecule has 2 aromatic heterocycles. The summed E-state index contributed by atoms with van der Waals surface area (Å²) in [4.78, 5) is 14.5. The fraction of sp³-hybridized carbons (Fsp3) is 0.500. The molecule has 0 bridgehead atoms. The van der Waals surface area contributed by atoms with Crippen LogP contribution in [0.1, 0.15) is 11.9 Å². The molecule has 1 fully saturated rings. The van der Waals surface area contributed by atoms with Gasteiger partial charge in [-0.25, -0.2) is 19.3 Å². The SMILES string of the molecule is Nc1nc([C@@H]2O[C@](F)(CO)[C@@H](O)[C@H]2O)nc2nc[nH]c12. The Morgan fingerprint density at radius 1 is 1.45 bits per heavy atom. The number of hydrogen-bond donors (Lipinski definition) is 5. The summed E-state index contributed by atoms with van der Waals surface area (Å²) >= 11 is 0. The number of aromatic amines is 1. The zero-order valence-electron chi connectivity index (χ0n) is 10.1. The van der Waals surface area contributed by atoms with E-state index in [2.05, 4.69) is 19.9 Å². The highest BCUT2D eigenvalue weighted by Crippen LogP contribution is 2.40. The Kier molecular flexibility index (Phi) is 2.83. The van der Waals surface area contributed by atoms with Crippen molar-refractivity contribution >= 4 is 17.0 Å². The number of rotatable bonds is 2. The second-order valence-electron chi connectivity index (χ2n) is 4.49. The summed E-state index contributed by atoms with van der Waals surface area (Å²) in [6.45, 7) is -1.11. The molecule has 1 aliphatic heterocycles. The van der Waals surface area contributed by atoms with Crippen molar-refractivity contribution in [3.05, 3.63) is 12.2 Å². The van der Waals surface area contributed by atoms with Crippen LogP contribution in [0.5, 0.6) is 0 Å². The minimum atomic E-state index is -2.78. The average molecular weight is 285 g/mol. The number of nitrogens with one attached hydrogen (secondary N) is 1. The molecular formula is C10H12FN5O4. The number of halogens is 1. The van der Waals surface area contributed by atoms with Crippen LogP contribution < -0.4 is 5.73 Å². The van der Waals surface area contributed by atoms with E-state index in [1.54, 1.807) is 0 Å². The van der Waals surface area contributed by atoms with E-state index >= 15 is 0 Å². The topological polar surface area (TPSA) is 150 Å². The third-order valence-electron chi connectivity index (χ3n) is 3.20. The fourth-order valence-corrected chi connectivity index (χ4v) is 2.11. The first kappa shape index (κ1) is 13.1. The highest BCUT2D eigenvalue weighted by atomic mass is 19.2. The zero-order chi connectivity index (χ0) is 14.5. The number of anilines is 1. The summed E-state index contributed by atoms with van der Waals surface area (Å²) < 4.78 is 18.8. The molecule has 9 nitrogen and oxygen atoms in total. The van der Waals surface area contributed by atoms with Crippen LogP contribution in [-0.4, -0.2) is 59.9 Å². The third-order valence-corrected chi connectivity index (χ3v) is 3.20. The van der Waals surface area contributed by atoms with Gasteiger partial charge in [-0.15, -0.1) is 0 Å². The van der Waals surface area contributed by atoms with Gasteiger partial charge in [-0.05, 0) is 0 Å². The smallest absolute Gasteiger partial charge is 0.262 e. The number of aliphatic hydroxyl groups is 3. The number of nitrogen functional groups attached to an aromatic ring is 1. The molecule has 0 amide bonds. The number of aliphatic hydroxyl groups excluding tert-OH is 3. The molecule has 1 aliphatic rings. The molecule has 2 aromatic rings. The van der Waals surface area contributed by atoms with Crippen molar-refractivity contribution in [3.8, 4) is 0 Å². The van der Waals surface area contributed by atoms with E-state index in [4.69, 9.17) is 15.6 Å². The highest BCUT2D eigenvalue weighted by Gasteiger charge is 2.56. The molecule has 3 rings (SSSR count). The average Bonchev–Trinajstić information content (AvgIpc) is 2.99. The predicted molar refractivity (Wildman–Crippen MR) is 62.9 cm³/mol. The molecule has 0 aromatic carbocycles. The number of H-pyrrole nitrogens is 1. The monoisotopic (exact) mass is 285 g/mol. The van der Waals surface area contributed by atoms with Crippen molar-refractivity contribution in [2.45, 2.75) is 24.2 Å². The maximum atomic E-state index is 14.0. The van der Waals surface area contributed by atoms with Gasteiger partial charge < -0.3 is 30.8 Å². The van der Waals surface area contributed by atoms with Gasteiger partial charge in [0.15, 0.2) is 17.3 Å². The molecule has 0 spiro atoms. The number of imidazole rings is 1. The fourth-order valence-electron chi connectivity index (χ4n) is 2.11. The van der Waals surface area contributed by atoms with Crippen molar-refractivity contribution in [2.75, 3.05) is 12.3 Å². The summed E-state index contributed by atoms with van der Waals surface area (Å²) in [7, 11) is 0. The van der Waals surface area contributed by atoms with Crippen molar-refractivity contribution in [1.29, 1.82) is 0 Å². The molecule has 10 heteroatoms. The zero-order valence-corrected chi connectivity index (χ0v) is 10.1. The van der Waals surface area contributed by atoms with E-state index in [9.17, 15) is 14.6 Å². The normalized spacial score (nSPS) is 33.9. The van der Waals surface area contributed by atoms with E-state index in [1.165, 1.54) is 6.33 Å². The van der Waals surface area contributed by atoms with E-state index in [-0.39, 0.29) is 17.3 Å². The Bertz CT molecular complexity index is 652. The van der Waals surface area contributed by atoms with Gasteiger partial charge >= 0.3 is 0 Å². The lowest BCUT2D eigenvalue weighted by atomic mass is 10.1. The number of alkyl halides is 1. The number of aromatic nitrogens is 4. The van der Waals surface area contributed by atoms with Crippen LogP contribution in [0.4, 0.5) is 10.2 Å². The van der Waals surface area contributed by atoms with Gasteiger partial charge in [-0.1, -0.05) is 0 Å².